The van der Waals surface area contributed by atoms with E-state index in [1.165, 1.54) is 0 Å². The molecule has 1 nitrogen and oxygen atoms in total. The van der Waals surface area contributed by atoms with Crippen molar-refractivity contribution in [3.63, 3.8) is 0 Å². The second-order valence-corrected chi connectivity index (χ2v) is 2.74. The fourth-order valence-electron chi connectivity index (χ4n) is 1.19. The van der Waals surface area contributed by atoms with Crippen LogP contribution in [-0.2, 0) is 0 Å². The van der Waals surface area contributed by atoms with Crippen LogP contribution in [0.3, 0.4) is 0 Å². The van der Waals surface area contributed by atoms with E-state index >= 15 is 0 Å². The molecule has 13 heavy (non-hydrogen) atoms. The molecule has 1 heteroatoms. The zero-order valence-electron chi connectivity index (χ0n) is 7.20. The van der Waals surface area contributed by atoms with Gasteiger partial charge in [-0.1, -0.05) is 36.4 Å². The molecular weight excluding hydrogens is 158 g/mol. The average molecular weight is 168 g/mol. The molecule has 1 aromatic rings. The Morgan fingerprint density at radius 2 is 2.08 bits per heavy atom. The molecule has 1 aromatic carbocycles. The van der Waals surface area contributed by atoms with Crippen LogP contribution in [0, 0.1) is 6.07 Å². The summed E-state index contributed by atoms with van der Waals surface area (Å²) < 4.78 is 0. The van der Waals surface area contributed by atoms with Crippen LogP contribution in [0.15, 0.2) is 54.8 Å². The van der Waals surface area contributed by atoms with E-state index in [9.17, 15) is 0 Å². The number of benzene rings is 1. The minimum absolute atomic E-state index is 1.07. The first kappa shape index (κ1) is 7.87. The van der Waals surface area contributed by atoms with Crippen LogP contribution in [0.5, 0.6) is 0 Å². The zero-order valence-corrected chi connectivity index (χ0v) is 7.20. The van der Waals surface area contributed by atoms with E-state index < -0.39 is 0 Å². The van der Waals surface area contributed by atoms with E-state index in [1.54, 1.807) is 0 Å². The topological polar surface area (TPSA) is 12.0 Å². The molecule has 1 heterocycles. The number of nitrogens with one attached hydrogen (secondary N) is 1. The van der Waals surface area contributed by atoms with E-state index in [4.69, 9.17) is 0 Å². The van der Waals surface area contributed by atoms with Crippen molar-refractivity contribution in [3.05, 3.63) is 66.4 Å². The molecule has 0 saturated heterocycles. The van der Waals surface area contributed by atoms with Crippen LogP contribution in [-0.4, -0.2) is 0 Å². The van der Waals surface area contributed by atoms with Gasteiger partial charge in [-0.15, -0.1) is 0 Å². The van der Waals surface area contributed by atoms with Crippen molar-refractivity contribution in [1.82, 2.24) is 5.32 Å². The fourth-order valence-corrected chi connectivity index (χ4v) is 1.19. The summed E-state index contributed by atoms with van der Waals surface area (Å²) in [4.78, 5) is 0. The standard InChI is InChI=1S/C12H10N/c1-3-7-11(8-4-1)12-9-5-2-6-10-13-12/h1-7,9-10,13H. The fraction of sp³-hybridized carbons (Fsp3) is 0. The number of rotatable bonds is 1. The quantitative estimate of drug-likeness (QED) is 0.679. The van der Waals surface area contributed by atoms with Gasteiger partial charge in [0.05, 0.1) is 0 Å². The summed E-state index contributed by atoms with van der Waals surface area (Å²) in [5.74, 6) is 0. The van der Waals surface area contributed by atoms with Crippen molar-refractivity contribution in [2.24, 2.45) is 0 Å². The number of hydrogen-bond acceptors (Lipinski definition) is 1. The van der Waals surface area contributed by atoms with Gasteiger partial charge in [0, 0.05) is 17.5 Å². The van der Waals surface area contributed by atoms with E-state index in [-0.39, 0.29) is 0 Å². The SMILES string of the molecule is [c]1ccccc1C1=CC=CC=CN1. The van der Waals surface area contributed by atoms with E-state index in [1.807, 2.05) is 54.8 Å². The Morgan fingerprint density at radius 1 is 1.08 bits per heavy atom. The maximum Gasteiger partial charge on any atom is 0.0459 e. The van der Waals surface area contributed by atoms with E-state index in [0.29, 0.717) is 0 Å². The summed E-state index contributed by atoms with van der Waals surface area (Å²) in [6, 6.07) is 11.1. The third-order valence-corrected chi connectivity index (χ3v) is 1.82. The Hall–Kier alpha value is -1.76. The van der Waals surface area contributed by atoms with Crippen molar-refractivity contribution in [2.45, 2.75) is 0 Å². The average Bonchev–Trinajstić information content (AvgIpc) is 2.47. The van der Waals surface area contributed by atoms with Gasteiger partial charge in [-0.2, -0.15) is 0 Å². The maximum absolute atomic E-state index is 3.18. The van der Waals surface area contributed by atoms with Gasteiger partial charge < -0.3 is 5.32 Å². The Balaban J connectivity index is 2.32. The number of allylic oxidation sites excluding steroid dienone is 4. The van der Waals surface area contributed by atoms with Crippen LogP contribution >= 0.6 is 0 Å². The van der Waals surface area contributed by atoms with E-state index in [2.05, 4.69) is 11.4 Å². The molecular formula is C12H10N. The molecule has 0 spiro atoms. The molecule has 1 aliphatic rings. The Bertz CT molecular complexity index is 358. The summed E-state index contributed by atoms with van der Waals surface area (Å²) >= 11 is 0. The number of hydrogen-bond donors (Lipinski definition) is 1. The lowest BCUT2D eigenvalue weighted by molar-refractivity contribution is 1.22. The molecule has 1 N–H and O–H groups in total. The summed E-state index contributed by atoms with van der Waals surface area (Å²) in [5.41, 5.74) is 2.16. The molecule has 0 bridgehead atoms. The van der Waals surface area contributed by atoms with Gasteiger partial charge in [-0.25, -0.2) is 0 Å². The molecule has 0 saturated carbocycles. The lowest BCUT2D eigenvalue weighted by Gasteiger charge is -2.04. The summed E-state index contributed by atoms with van der Waals surface area (Å²) in [7, 11) is 0. The first-order valence-corrected chi connectivity index (χ1v) is 4.24. The highest BCUT2D eigenvalue weighted by atomic mass is 14.8. The first-order valence-electron chi connectivity index (χ1n) is 4.24. The summed E-state index contributed by atoms with van der Waals surface area (Å²) in [5, 5.41) is 3.18. The van der Waals surface area contributed by atoms with Gasteiger partial charge in [0.2, 0.25) is 0 Å². The maximum atomic E-state index is 3.18. The molecule has 2 rings (SSSR count). The van der Waals surface area contributed by atoms with Gasteiger partial charge >= 0.3 is 0 Å². The molecule has 0 fully saturated rings. The van der Waals surface area contributed by atoms with E-state index in [0.717, 1.165) is 11.3 Å². The van der Waals surface area contributed by atoms with Crippen LogP contribution in [0.2, 0.25) is 0 Å². The van der Waals surface area contributed by atoms with Gasteiger partial charge in [0.15, 0.2) is 0 Å². The first-order chi connectivity index (χ1) is 6.47. The molecule has 1 radical (unpaired) electrons. The lowest BCUT2D eigenvalue weighted by atomic mass is 10.1. The monoisotopic (exact) mass is 168 g/mol. The predicted octanol–water partition coefficient (Wildman–Crippen LogP) is 2.50. The van der Waals surface area contributed by atoms with Crippen molar-refractivity contribution >= 4 is 5.70 Å². The van der Waals surface area contributed by atoms with Crippen molar-refractivity contribution < 1.29 is 0 Å². The molecule has 0 atom stereocenters. The second kappa shape index (κ2) is 3.76. The summed E-state index contributed by atoms with van der Waals surface area (Å²) in [6.07, 6.45) is 9.91. The van der Waals surface area contributed by atoms with Crippen molar-refractivity contribution in [2.75, 3.05) is 0 Å². The Kier molecular flexibility index (Phi) is 2.28. The van der Waals surface area contributed by atoms with Crippen molar-refractivity contribution in [1.29, 1.82) is 0 Å². The zero-order chi connectivity index (χ0) is 8.93. The van der Waals surface area contributed by atoms with Gasteiger partial charge in [0.1, 0.15) is 0 Å². The van der Waals surface area contributed by atoms with Crippen LogP contribution in [0.1, 0.15) is 5.56 Å². The normalized spacial score (nSPS) is 14.6. The molecule has 1 aliphatic heterocycles. The van der Waals surface area contributed by atoms with Crippen LogP contribution in [0.25, 0.3) is 5.70 Å². The molecule has 0 aromatic heterocycles. The molecule has 0 unspecified atom stereocenters. The Morgan fingerprint density at radius 3 is 2.92 bits per heavy atom. The largest absolute Gasteiger partial charge is 0.361 e. The van der Waals surface area contributed by atoms with Gasteiger partial charge in [0.25, 0.3) is 0 Å². The molecule has 0 aliphatic carbocycles. The van der Waals surface area contributed by atoms with Crippen LogP contribution in [0.4, 0.5) is 0 Å². The second-order valence-electron chi connectivity index (χ2n) is 2.74. The van der Waals surface area contributed by atoms with Gasteiger partial charge in [-0.3, -0.25) is 0 Å². The van der Waals surface area contributed by atoms with Crippen LogP contribution < -0.4 is 5.32 Å². The van der Waals surface area contributed by atoms with Gasteiger partial charge in [-0.05, 0) is 18.2 Å². The minimum Gasteiger partial charge on any atom is -0.361 e. The molecule has 63 valence electrons. The highest BCUT2D eigenvalue weighted by molar-refractivity contribution is 5.66. The molecule has 0 amide bonds. The third kappa shape index (κ3) is 1.88. The predicted molar refractivity (Wildman–Crippen MR) is 54.7 cm³/mol. The smallest absolute Gasteiger partial charge is 0.0459 e. The third-order valence-electron chi connectivity index (χ3n) is 1.82. The highest BCUT2D eigenvalue weighted by Gasteiger charge is 1.97. The van der Waals surface area contributed by atoms with Crippen molar-refractivity contribution in [3.8, 4) is 0 Å². The Labute approximate surface area is 78.1 Å². The lowest BCUT2D eigenvalue weighted by Crippen LogP contribution is -2.02. The summed E-state index contributed by atoms with van der Waals surface area (Å²) in [6.45, 7) is 0. The highest BCUT2D eigenvalue weighted by Crippen LogP contribution is 2.11. The minimum atomic E-state index is 1.07.